The summed E-state index contributed by atoms with van der Waals surface area (Å²) in [6.45, 7) is 1.45. The van der Waals surface area contributed by atoms with Gasteiger partial charge in [-0.2, -0.15) is 10.2 Å². The molecule has 0 bridgehead atoms. The molecular weight excluding hydrogens is 462 g/mol. The Balaban J connectivity index is 1.89. The third-order valence-electron chi connectivity index (χ3n) is 4.84. The van der Waals surface area contributed by atoms with Gasteiger partial charge in [0.15, 0.2) is 0 Å². The van der Waals surface area contributed by atoms with Gasteiger partial charge in [0.05, 0.1) is 49.2 Å². The molecule has 0 saturated heterocycles. The molecule has 0 radical (unpaired) electrons. The fourth-order valence-electron chi connectivity index (χ4n) is 2.99. The van der Waals surface area contributed by atoms with Crippen LogP contribution in [0.4, 0.5) is 11.4 Å². The van der Waals surface area contributed by atoms with Crippen molar-refractivity contribution in [1.82, 2.24) is 9.97 Å². The lowest BCUT2D eigenvalue weighted by molar-refractivity contribution is -0.117. The van der Waals surface area contributed by atoms with Crippen LogP contribution in [0.1, 0.15) is 27.6 Å². The van der Waals surface area contributed by atoms with E-state index in [0.29, 0.717) is 5.52 Å². The second-order valence-corrected chi connectivity index (χ2v) is 7.10. The Hall–Kier alpha value is -4.81. The zero-order chi connectivity index (χ0) is 25.7. The number of fused-ring (bicyclic) bond motifs is 1. The van der Waals surface area contributed by atoms with E-state index >= 15 is 0 Å². The first kappa shape index (κ1) is 24.8. The molecular formula is C22H21N5O8. The van der Waals surface area contributed by atoms with Gasteiger partial charge in [-0.05, 0) is 31.2 Å². The standard InChI is InChI=1S/C22H21N5O8/c1-10(26-27-13-7-11(21(31)34-3)5-6-12(13)22(32)35-4)18(28)25-16-8-14-15(9-17(16)33-2)24-20(30)19(29)23-14/h5-10H,1-4H3,(H,23,29)(H,24,30)(H,25,28)/b27-26-. The smallest absolute Gasteiger partial charge is 0.340 e. The fourth-order valence-corrected chi connectivity index (χ4v) is 2.99. The summed E-state index contributed by atoms with van der Waals surface area (Å²) in [5.41, 5.74) is -0.738. The van der Waals surface area contributed by atoms with E-state index in [1.807, 2.05) is 0 Å². The van der Waals surface area contributed by atoms with Gasteiger partial charge in [-0.3, -0.25) is 14.4 Å². The second kappa shape index (κ2) is 10.4. The number of hydrogen-bond donors (Lipinski definition) is 3. The van der Waals surface area contributed by atoms with Crippen molar-refractivity contribution in [3.63, 3.8) is 0 Å². The van der Waals surface area contributed by atoms with Crippen LogP contribution in [0, 0.1) is 0 Å². The van der Waals surface area contributed by atoms with E-state index in [0.717, 1.165) is 0 Å². The van der Waals surface area contributed by atoms with Crippen molar-refractivity contribution in [2.45, 2.75) is 13.0 Å². The van der Waals surface area contributed by atoms with Crippen molar-refractivity contribution >= 4 is 40.3 Å². The molecule has 13 nitrogen and oxygen atoms in total. The molecule has 35 heavy (non-hydrogen) atoms. The lowest BCUT2D eigenvalue weighted by atomic mass is 10.1. The predicted octanol–water partition coefficient (Wildman–Crippen LogP) is 1.91. The molecule has 0 saturated carbocycles. The van der Waals surface area contributed by atoms with Crippen molar-refractivity contribution in [2.75, 3.05) is 26.6 Å². The van der Waals surface area contributed by atoms with Gasteiger partial charge in [-0.1, -0.05) is 0 Å². The maximum atomic E-state index is 12.7. The van der Waals surface area contributed by atoms with E-state index in [-0.39, 0.29) is 33.8 Å². The van der Waals surface area contributed by atoms with E-state index in [2.05, 4.69) is 30.3 Å². The Kier molecular flexibility index (Phi) is 7.39. The normalized spacial score (nSPS) is 11.8. The van der Waals surface area contributed by atoms with Gasteiger partial charge in [0.1, 0.15) is 17.5 Å². The number of H-pyrrole nitrogens is 2. The quantitative estimate of drug-likeness (QED) is 0.259. The first-order valence-electron chi connectivity index (χ1n) is 10.0. The average Bonchev–Trinajstić information content (AvgIpc) is 2.86. The molecule has 3 rings (SSSR count). The number of benzene rings is 2. The molecule has 2 aromatic carbocycles. The molecule has 0 spiro atoms. The van der Waals surface area contributed by atoms with E-state index in [1.54, 1.807) is 0 Å². The number of azo groups is 1. The van der Waals surface area contributed by atoms with Crippen LogP contribution in [0.15, 0.2) is 50.1 Å². The van der Waals surface area contributed by atoms with Crippen LogP contribution >= 0.6 is 0 Å². The van der Waals surface area contributed by atoms with Gasteiger partial charge in [0, 0.05) is 6.07 Å². The highest BCUT2D eigenvalue weighted by Crippen LogP contribution is 2.28. The highest BCUT2D eigenvalue weighted by molar-refractivity contribution is 5.99. The maximum absolute atomic E-state index is 12.7. The van der Waals surface area contributed by atoms with Crippen molar-refractivity contribution < 1.29 is 28.6 Å². The van der Waals surface area contributed by atoms with Crippen LogP contribution in [0.2, 0.25) is 0 Å². The Morgan fingerprint density at radius 1 is 0.914 bits per heavy atom. The zero-order valence-corrected chi connectivity index (χ0v) is 19.1. The van der Waals surface area contributed by atoms with Gasteiger partial charge in [-0.15, -0.1) is 0 Å². The van der Waals surface area contributed by atoms with Crippen LogP contribution in [0.25, 0.3) is 11.0 Å². The number of aromatic nitrogens is 2. The summed E-state index contributed by atoms with van der Waals surface area (Å²) in [6, 6.07) is 5.81. The van der Waals surface area contributed by atoms with Gasteiger partial charge < -0.3 is 29.5 Å². The summed E-state index contributed by atoms with van der Waals surface area (Å²) in [4.78, 5) is 64.6. The number of carbonyl (C=O) groups is 3. The van der Waals surface area contributed by atoms with E-state index < -0.39 is 35.0 Å². The van der Waals surface area contributed by atoms with Crippen LogP contribution in [0.5, 0.6) is 5.75 Å². The Morgan fingerprint density at radius 3 is 2.14 bits per heavy atom. The molecule has 13 heteroatoms. The van der Waals surface area contributed by atoms with Crippen molar-refractivity contribution in [1.29, 1.82) is 0 Å². The van der Waals surface area contributed by atoms with Crippen molar-refractivity contribution in [2.24, 2.45) is 10.2 Å². The Morgan fingerprint density at radius 2 is 1.54 bits per heavy atom. The number of nitrogens with one attached hydrogen (secondary N) is 3. The highest BCUT2D eigenvalue weighted by Gasteiger charge is 2.19. The van der Waals surface area contributed by atoms with Crippen molar-refractivity contribution in [3.8, 4) is 5.75 Å². The fraction of sp³-hybridized carbons (Fsp3) is 0.227. The van der Waals surface area contributed by atoms with Gasteiger partial charge >= 0.3 is 23.1 Å². The highest BCUT2D eigenvalue weighted by atomic mass is 16.5. The van der Waals surface area contributed by atoms with Crippen LogP contribution in [0.3, 0.4) is 0 Å². The third kappa shape index (κ3) is 5.40. The zero-order valence-electron chi connectivity index (χ0n) is 19.1. The van der Waals surface area contributed by atoms with Crippen LogP contribution in [-0.2, 0) is 14.3 Å². The number of hydrogen-bond acceptors (Lipinski definition) is 10. The molecule has 0 aliphatic carbocycles. The first-order chi connectivity index (χ1) is 16.7. The third-order valence-corrected chi connectivity index (χ3v) is 4.84. The SMILES string of the molecule is COC(=O)c1ccc(C(=O)OC)c(/N=N\C(C)C(=O)Nc2cc3[nH]c(=O)c(=O)[nH]c3cc2OC)c1. The minimum Gasteiger partial charge on any atom is -0.494 e. The number of esters is 2. The van der Waals surface area contributed by atoms with E-state index in [4.69, 9.17) is 9.47 Å². The van der Waals surface area contributed by atoms with E-state index in [1.165, 1.54) is 58.6 Å². The largest absolute Gasteiger partial charge is 0.494 e. The van der Waals surface area contributed by atoms with Gasteiger partial charge in [0.2, 0.25) is 0 Å². The van der Waals surface area contributed by atoms with Gasteiger partial charge in [-0.25, -0.2) is 9.59 Å². The minimum absolute atomic E-state index is 0.00390. The molecule has 3 aromatic rings. The number of aromatic amines is 2. The predicted molar refractivity (Wildman–Crippen MR) is 123 cm³/mol. The molecule has 0 aliphatic heterocycles. The number of methoxy groups -OCH3 is 3. The maximum Gasteiger partial charge on any atom is 0.340 e. The summed E-state index contributed by atoms with van der Waals surface area (Å²) in [5, 5.41) is 10.5. The minimum atomic E-state index is -1.04. The van der Waals surface area contributed by atoms with E-state index in [9.17, 15) is 24.0 Å². The lowest BCUT2D eigenvalue weighted by Gasteiger charge is -2.13. The lowest BCUT2D eigenvalue weighted by Crippen LogP contribution is -2.29. The molecule has 1 unspecified atom stereocenters. The molecule has 3 N–H and O–H groups in total. The Labute approximate surface area is 197 Å². The number of rotatable bonds is 7. The summed E-state index contributed by atoms with van der Waals surface area (Å²) in [6.07, 6.45) is 0. The monoisotopic (exact) mass is 483 g/mol. The molecule has 0 aliphatic rings. The summed E-state index contributed by atoms with van der Waals surface area (Å²) >= 11 is 0. The van der Waals surface area contributed by atoms with Gasteiger partial charge in [0.25, 0.3) is 5.91 Å². The number of ether oxygens (including phenoxy) is 3. The Bertz CT molecular complexity index is 1460. The topological polar surface area (TPSA) is 181 Å². The number of amides is 1. The summed E-state index contributed by atoms with van der Waals surface area (Å²) in [7, 11) is 3.76. The number of nitrogens with zero attached hydrogens (tertiary/aromatic N) is 2. The first-order valence-corrected chi connectivity index (χ1v) is 10.0. The number of anilines is 1. The molecule has 1 atom stereocenters. The van der Waals surface area contributed by atoms with Crippen molar-refractivity contribution in [3.05, 3.63) is 62.2 Å². The summed E-state index contributed by atoms with van der Waals surface area (Å²) in [5.74, 6) is -1.73. The molecule has 1 aromatic heterocycles. The molecule has 0 fully saturated rings. The molecule has 1 amide bonds. The molecule has 1 heterocycles. The number of carbonyl (C=O) groups excluding carboxylic acids is 3. The summed E-state index contributed by atoms with van der Waals surface area (Å²) < 4.78 is 14.6. The molecule has 182 valence electrons. The second-order valence-electron chi connectivity index (χ2n) is 7.10. The average molecular weight is 483 g/mol. The van der Waals surface area contributed by atoms with Crippen LogP contribution < -0.4 is 21.2 Å². The van der Waals surface area contributed by atoms with Crippen LogP contribution in [-0.4, -0.2) is 55.2 Å².